The van der Waals surface area contributed by atoms with E-state index in [1.165, 1.54) is 37.6 Å². The minimum atomic E-state index is -1.08. The summed E-state index contributed by atoms with van der Waals surface area (Å²) in [4.78, 5) is 35.9. The molecule has 3 aromatic carbocycles. The van der Waals surface area contributed by atoms with Gasteiger partial charge in [0.1, 0.15) is 17.3 Å². The van der Waals surface area contributed by atoms with Gasteiger partial charge in [-0.15, -0.1) is 0 Å². The number of methoxy groups -OCH3 is 1. The maximum atomic E-state index is 13.5. The summed E-state index contributed by atoms with van der Waals surface area (Å²) in [5.41, 5.74) is 2.77. The van der Waals surface area contributed by atoms with Crippen molar-refractivity contribution in [3.63, 3.8) is 0 Å². The molecule has 0 atom stereocenters. The first-order chi connectivity index (χ1) is 15.5. The standard InChI is InChI=1S/C23H18FN3O5/c1-31-17-11-9-16(10-12-17)23(30)32-18-6-4-5-15(13-18)14-25-27-22(29)21(28)26-20-8-3-2-7-19(20)24/h2-14H,1H3,(H,26,28)(H,27,29). The fraction of sp³-hybridized carbons (Fsp3) is 0.0435. The van der Waals surface area contributed by atoms with E-state index < -0.39 is 23.6 Å². The van der Waals surface area contributed by atoms with Gasteiger partial charge in [-0.3, -0.25) is 9.59 Å². The number of nitrogens with zero attached hydrogens (tertiary/aromatic N) is 1. The van der Waals surface area contributed by atoms with E-state index in [-0.39, 0.29) is 11.4 Å². The van der Waals surface area contributed by atoms with E-state index in [0.29, 0.717) is 16.9 Å². The highest BCUT2D eigenvalue weighted by Crippen LogP contribution is 2.16. The van der Waals surface area contributed by atoms with E-state index in [1.54, 1.807) is 42.5 Å². The summed E-state index contributed by atoms with van der Waals surface area (Å²) in [6.45, 7) is 0. The molecule has 0 unspecified atom stereocenters. The minimum Gasteiger partial charge on any atom is -0.497 e. The molecular formula is C23H18FN3O5. The van der Waals surface area contributed by atoms with Crippen molar-refractivity contribution in [2.45, 2.75) is 0 Å². The van der Waals surface area contributed by atoms with Gasteiger partial charge in [0, 0.05) is 0 Å². The number of ether oxygens (including phenoxy) is 2. The number of nitrogens with one attached hydrogen (secondary N) is 2. The van der Waals surface area contributed by atoms with Crippen LogP contribution in [0.5, 0.6) is 11.5 Å². The SMILES string of the molecule is COc1ccc(C(=O)Oc2cccc(C=NNC(=O)C(=O)Nc3ccccc3F)c2)cc1. The molecule has 0 heterocycles. The van der Waals surface area contributed by atoms with Gasteiger partial charge in [0.05, 0.1) is 24.6 Å². The summed E-state index contributed by atoms with van der Waals surface area (Å²) >= 11 is 0. The van der Waals surface area contributed by atoms with Gasteiger partial charge in [-0.05, 0) is 54.1 Å². The number of carbonyl (C=O) groups excluding carboxylic acids is 3. The van der Waals surface area contributed by atoms with Crippen LogP contribution in [0.15, 0.2) is 77.9 Å². The third kappa shape index (κ3) is 5.99. The molecule has 3 aromatic rings. The van der Waals surface area contributed by atoms with Crippen LogP contribution in [-0.2, 0) is 9.59 Å². The number of carbonyl (C=O) groups is 3. The van der Waals surface area contributed by atoms with Gasteiger partial charge in [0.2, 0.25) is 0 Å². The molecular weight excluding hydrogens is 417 g/mol. The lowest BCUT2D eigenvalue weighted by molar-refractivity contribution is -0.136. The number of esters is 1. The molecule has 0 aliphatic rings. The third-order valence-electron chi connectivity index (χ3n) is 4.10. The second-order valence-electron chi connectivity index (χ2n) is 6.32. The number of benzene rings is 3. The minimum absolute atomic E-state index is 0.122. The van der Waals surface area contributed by atoms with Crippen LogP contribution < -0.4 is 20.2 Å². The highest BCUT2D eigenvalue weighted by atomic mass is 19.1. The Morgan fingerprint density at radius 3 is 2.38 bits per heavy atom. The number of para-hydroxylation sites is 1. The highest BCUT2D eigenvalue weighted by Gasteiger charge is 2.14. The first-order valence-electron chi connectivity index (χ1n) is 9.31. The van der Waals surface area contributed by atoms with Crippen molar-refractivity contribution < 1.29 is 28.2 Å². The molecule has 0 bridgehead atoms. The number of anilines is 1. The summed E-state index contributed by atoms with van der Waals surface area (Å²) in [5.74, 6) is -2.50. The Morgan fingerprint density at radius 1 is 0.906 bits per heavy atom. The van der Waals surface area contributed by atoms with Crippen LogP contribution >= 0.6 is 0 Å². The fourth-order valence-corrected chi connectivity index (χ4v) is 2.51. The Bertz CT molecular complexity index is 1160. The largest absolute Gasteiger partial charge is 0.497 e. The Labute approximate surface area is 182 Å². The number of amides is 2. The van der Waals surface area contributed by atoms with Crippen LogP contribution in [0, 0.1) is 5.82 Å². The first kappa shape index (κ1) is 22.2. The fourth-order valence-electron chi connectivity index (χ4n) is 2.51. The van der Waals surface area contributed by atoms with Crippen molar-refractivity contribution in [3.05, 3.63) is 89.7 Å². The van der Waals surface area contributed by atoms with Crippen molar-refractivity contribution in [3.8, 4) is 11.5 Å². The van der Waals surface area contributed by atoms with Crippen molar-refractivity contribution in [1.29, 1.82) is 0 Å². The Morgan fingerprint density at radius 2 is 1.66 bits per heavy atom. The second kappa shape index (κ2) is 10.5. The predicted molar refractivity (Wildman–Crippen MR) is 115 cm³/mol. The van der Waals surface area contributed by atoms with E-state index in [9.17, 15) is 18.8 Å². The van der Waals surface area contributed by atoms with Crippen molar-refractivity contribution in [2.24, 2.45) is 5.10 Å². The summed E-state index contributed by atoms with van der Waals surface area (Å²) < 4.78 is 23.9. The molecule has 0 saturated carbocycles. The van der Waals surface area contributed by atoms with Crippen LogP contribution in [-0.4, -0.2) is 31.1 Å². The topological polar surface area (TPSA) is 106 Å². The molecule has 0 saturated heterocycles. The van der Waals surface area contributed by atoms with Crippen LogP contribution in [0.4, 0.5) is 10.1 Å². The van der Waals surface area contributed by atoms with Crippen molar-refractivity contribution in [1.82, 2.24) is 5.43 Å². The maximum absolute atomic E-state index is 13.5. The highest BCUT2D eigenvalue weighted by molar-refractivity contribution is 6.39. The summed E-state index contributed by atoms with van der Waals surface area (Å²) in [6, 6.07) is 18.3. The average molecular weight is 435 g/mol. The molecule has 0 aliphatic carbocycles. The zero-order chi connectivity index (χ0) is 22.9. The molecule has 32 heavy (non-hydrogen) atoms. The molecule has 0 aliphatic heterocycles. The van der Waals surface area contributed by atoms with Crippen LogP contribution in [0.2, 0.25) is 0 Å². The van der Waals surface area contributed by atoms with Crippen molar-refractivity contribution >= 4 is 29.7 Å². The molecule has 9 heteroatoms. The van der Waals surface area contributed by atoms with E-state index in [1.807, 2.05) is 5.43 Å². The van der Waals surface area contributed by atoms with E-state index >= 15 is 0 Å². The normalized spacial score (nSPS) is 10.4. The van der Waals surface area contributed by atoms with Gasteiger partial charge in [-0.1, -0.05) is 24.3 Å². The summed E-state index contributed by atoms with van der Waals surface area (Å²) in [6.07, 6.45) is 1.26. The van der Waals surface area contributed by atoms with Crippen LogP contribution in [0.25, 0.3) is 0 Å². The maximum Gasteiger partial charge on any atom is 0.343 e. The molecule has 0 radical (unpaired) electrons. The van der Waals surface area contributed by atoms with Crippen LogP contribution in [0.1, 0.15) is 15.9 Å². The van der Waals surface area contributed by atoms with E-state index in [4.69, 9.17) is 9.47 Å². The lowest BCUT2D eigenvalue weighted by atomic mass is 10.2. The van der Waals surface area contributed by atoms with Gasteiger partial charge in [-0.2, -0.15) is 5.10 Å². The first-order valence-corrected chi connectivity index (χ1v) is 9.31. The van der Waals surface area contributed by atoms with Crippen molar-refractivity contribution in [2.75, 3.05) is 12.4 Å². The monoisotopic (exact) mass is 435 g/mol. The molecule has 0 spiro atoms. The van der Waals surface area contributed by atoms with Gasteiger partial charge in [-0.25, -0.2) is 14.6 Å². The Balaban J connectivity index is 1.56. The number of hydrogen-bond acceptors (Lipinski definition) is 6. The summed E-state index contributed by atoms with van der Waals surface area (Å²) in [7, 11) is 1.53. The van der Waals surface area contributed by atoms with Gasteiger partial charge in [0.15, 0.2) is 0 Å². The van der Waals surface area contributed by atoms with Crippen LogP contribution in [0.3, 0.4) is 0 Å². The summed E-state index contributed by atoms with van der Waals surface area (Å²) in [5, 5.41) is 5.84. The number of hydrazone groups is 1. The van der Waals surface area contributed by atoms with E-state index in [2.05, 4.69) is 10.4 Å². The van der Waals surface area contributed by atoms with E-state index in [0.717, 1.165) is 6.07 Å². The molecule has 2 amide bonds. The lowest BCUT2D eigenvalue weighted by Gasteiger charge is -2.06. The molecule has 2 N–H and O–H groups in total. The smallest absolute Gasteiger partial charge is 0.343 e. The molecule has 0 fully saturated rings. The zero-order valence-corrected chi connectivity index (χ0v) is 16.9. The quantitative estimate of drug-likeness (QED) is 0.203. The molecule has 162 valence electrons. The Kier molecular flexibility index (Phi) is 7.26. The number of halogens is 1. The third-order valence-corrected chi connectivity index (χ3v) is 4.10. The molecule has 8 nitrogen and oxygen atoms in total. The zero-order valence-electron chi connectivity index (χ0n) is 16.9. The van der Waals surface area contributed by atoms with Gasteiger partial charge in [0.25, 0.3) is 0 Å². The number of rotatable bonds is 6. The van der Waals surface area contributed by atoms with Gasteiger partial charge >= 0.3 is 17.8 Å². The molecule has 3 rings (SSSR count). The predicted octanol–water partition coefficient (Wildman–Crippen LogP) is 3.14. The molecule has 0 aromatic heterocycles. The van der Waals surface area contributed by atoms with Gasteiger partial charge < -0.3 is 14.8 Å². The average Bonchev–Trinajstić information content (AvgIpc) is 2.80. The second-order valence-corrected chi connectivity index (χ2v) is 6.32. The Hall–Kier alpha value is -4.53. The number of hydrogen-bond donors (Lipinski definition) is 2. The lowest BCUT2D eigenvalue weighted by Crippen LogP contribution is -2.32.